The van der Waals surface area contributed by atoms with E-state index in [4.69, 9.17) is 22.2 Å². The molecule has 0 radical (unpaired) electrons. The van der Waals surface area contributed by atoms with Crippen molar-refractivity contribution in [3.63, 3.8) is 0 Å². The first-order chi connectivity index (χ1) is 15.5. The highest BCUT2D eigenvalue weighted by atomic mass is 35.5. The van der Waals surface area contributed by atoms with Gasteiger partial charge in [-0.25, -0.2) is 4.68 Å². The fourth-order valence-corrected chi connectivity index (χ4v) is 4.67. The molecular weight excluding hydrogens is 450 g/mol. The Balaban J connectivity index is 1.53. The van der Waals surface area contributed by atoms with E-state index in [2.05, 4.69) is 10.2 Å². The van der Waals surface area contributed by atoms with E-state index in [0.717, 1.165) is 24.2 Å². The zero-order valence-corrected chi connectivity index (χ0v) is 19.0. The van der Waals surface area contributed by atoms with Gasteiger partial charge in [-0.15, -0.1) is 10.2 Å². The van der Waals surface area contributed by atoms with Crippen LogP contribution < -0.4 is 10.6 Å². The SMILES string of the molecule is COc1ccc(-c2nnc(SC3CCCCN(C(=O)c4ccc(Cl)cc4)C3=O)n2N)cc1. The van der Waals surface area contributed by atoms with Crippen LogP contribution >= 0.6 is 23.4 Å². The maximum Gasteiger partial charge on any atom is 0.260 e. The van der Waals surface area contributed by atoms with Crippen LogP contribution in [0.15, 0.2) is 53.7 Å². The van der Waals surface area contributed by atoms with Gasteiger partial charge in [-0.1, -0.05) is 29.8 Å². The summed E-state index contributed by atoms with van der Waals surface area (Å²) in [6, 6.07) is 13.8. The minimum Gasteiger partial charge on any atom is -0.497 e. The van der Waals surface area contributed by atoms with Crippen molar-refractivity contribution in [2.24, 2.45) is 0 Å². The second-order valence-corrected chi connectivity index (χ2v) is 8.92. The first-order valence-electron chi connectivity index (χ1n) is 10.1. The number of ether oxygens (including phenoxy) is 1. The number of thioether (sulfide) groups is 1. The van der Waals surface area contributed by atoms with Crippen LogP contribution in [0.3, 0.4) is 0 Å². The summed E-state index contributed by atoms with van der Waals surface area (Å²) in [4.78, 5) is 27.5. The number of hydrogen-bond donors (Lipinski definition) is 1. The summed E-state index contributed by atoms with van der Waals surface area (Å²) in [7, 11) is 1.60. The Bertz CT molecular complexity index is 1120. The Hall–Kier alpha value is -3.04. The molecule has 2 N–H and O–H groups in total. The van der Waals surface area contributed by atoms with Crippen molar-refractivity contribution in [2.45, 2.75) is 29.7 Å². The quantitative estimate of drug-likeness (QED) is 0.447. The van der Waals surface area contributed by atoms with Gasteiger partial charge in [0.05, 0.1) is 12.4 Å². The Morgan fingerprint density at radius 1 is 1.12 bits per heavy atom. The predicted octanol–water partition coefficient (Wildman–Crippen LogP) is 3.63. The number of nitrogens with zero attached hydrogens (tertiary/aromatic N) is 4. The molecule has 8 nitrogen and oxygen atoms in total. The number of benzene rings is 2. The van der Waals surface area contributed by atoms with E-state index >= 15 is 0 Å². The lowest BCUT2D eigenvalue weighted by Crippen LogP contribution is -2.41. The molecule has 166 valence electrons. The predicted molar refractivity (Wildman–Crippen MR) is 123 cm³/mol. The molecule has 1 atom stereocenters. The van der Waals surface area contributed by atoms with Gasteiger partial charge in [0, 0.05) is 22.7 Å². The third-order valence-corrected chi connectivity index (χ3v) is 6.70. The summed E-state index contributed by atoms with van der Waals surface area (Å²) in [6.07, 6.45) is 2.19. The van der Waals surface area contributed by atoms with Crippen LogP contribution in [-0.2, 0) is 4.79 Å². The number of imide groups is 1. The van der Waals surface area contributed by atoms with Crippen LogP contribution in [0.1, 0.15) is 29.6 Å². The Labute approximate surface area is 194 Å². The second kappa shape index (κ2) is 9.62. The molecule has 10 heteroatoms. The first-order valence-corrected chi connectivity index (χ1v) is 11.4. The number of methoxy groups -OCH3 is 1. The van der Waals surface area contributed by atoms with E-state index in [-0.39, 0.29) is 11.8 Å². The average molecular weight is 472 g/mol. The summed E-state index contributed by atoms with van der Waals surface area (Å²) in [5, 5.41) is 8.83. The Morgan fingerprint density at radius 2 is 1.84 bits per heavy atom. The maximum absolute atomic E-state index is 13.2. The molecule has 1 unspecified atom stereocenters. The lowest BCUT2D eigenvalue weighted by Gasteiger charge is -2.22. The van der Waals surface area contributed by atoms with Gasteiger partial charge in [0.1, 0.15) is 5.75 Å². The van der Waals surface area contributed by atoms with Crippen LogP contribution in [0.5, 0.6) is 5.75 Å². The molecule has 4 rings (SSSR count). The molecule has 2 amide bonds. The fraction of sp³-hybridized carbons (Fsp3) is 0.273. The van der Waals surface area contributed by atoms with E-state index in [1.807, 2.05) is 24.3 Å². The van der Waals surface area contributed by atoms with Crippen molar-refractivity contribution in [1.29, 1.82) is 0 Å². The van der Waals surface area contributed by atoms with Crippen molar-refractivity contribution in [3.8, 4) is 17.1 Å². The van der Waals surface area contributed by atoms with Crippen LogP contribution in [0, 0.1) is 0 Å². The first kappa shape index (κ1) is 22.2. The van der Waals surface area contributed by atoms with E-state index in [9.17, 15) is 9.59 Å². The highest BCUT2D eigenvalue weighted by Crippen LogP contribution is 2.31. The lowest BCUT2D eigenvalue weighted by molar-refractivity contribution is -0.127. The monoisotopic (exact) mass is 471 g/mol. The van der Waals surface area contributed by atoms with Gasteiger partial charge in [-0.05, 0) is 61.4 Å². The van der Waals surface area contributed by atoms with E-state index < -0.39 is 5.25 Å². The lowest BCUT2D eigenvalue weighted by atomic mass is 10.2. The number of aromatic nitrogens is 3. The third kappa shape index (κ3) is 4.58. The van der Waals surface area contributed by atoms with E-state index in [1.54, 1.807) is 31.4 Å². The topological polar surface area (TPSA) is 103 Å². The largest absolute Gasteiger partial charge is 0.497 e. The average Bonchev–Trinajstić information content (AvgIpc) is 3.07. The third-order valence-electron chi connectivity index (χ3n) is 5.24. The molecule has 1 aliphatic rings. The van der Waals surface area contributed by atoms with Gasteiger partial charge in [0.25, 0.3) is 5.91 Å². The van der Waals surface area contributed by atoms with Crippen LogP contribution in [-0.4, -0.2) is 50.5 Å². The van der Waals surface area contributed by atoms with Crippen molar-refractivity contribution in [1.82, 2.24) is 19.8 Å². The fourth-order valence-electron chi connectivity index (χ4n) is 3.49. The highest BCUT2D eigenvalue weighted by Gasteiger charge is 2.33. The molecular formula is C22H22ClN5O3S. The van der Waals surface area contributed by atoms with Crippen molar-refractivity contribution < 1.29 is 14.3 Å². The molecule has 2 heterocycles. The smallest absolute Gasteiger partial charge is 0.260 e. The number of nitrogen functional groups attached to an aromatic ring is 1. The number of hydrogen-bond acceptors (Lipinski definition) is 7. The van der Waals surface area contributed by atoms with E-state index in [0.29, 0.717) is 34.5 Å². The molecule has 1 saturated heterocycles. The number of likely N-dealkylation sites (tertiary alicyclic amines) is 1. The summed E-state index contributed by atoms with van der Waals surface area (Å²) in [6.45, 7) is 0.379. The van der Waals surface area contributed by atoms with Gasteiger partial charge in [-0.3, -0.25) is 14.5 Å². The maximum atomic E-state index is 13.2. The number of carbonyl (C=O) groups excluding carboxylic acids is 2. The Kier molecular flexibility index (Phi) is 6.66. The van der Waals surface area contributed by atoms with Gasteiger partial charge in [-0.2, -0.15) is 0 Å². The summed E-state index contributed by atoms with van der Waals surface area (Å²) < 4.78 is 6.55. The molecule has 1 aliphatic heterocycles. The highest BCUT2D eigenvalue weighted by molar-refractivity contribution is 8.00. The van der Waals surface area contributed by atoms with Gasteiger partial charge in [0.2, 0.25) is 11.1 Å². The standard InChI is InChI=1S/C22H22ClN5O3S/c1-31-17-11-7-14(8-12-17)19-25-26-22(28(19)24)32-18-4-2-3-13-27(21(18)30)20(29)15-5-9-16(23)10-6-15/h5-12,18H,2-4,13,24H2,1H3. The van der Waals surface area contributed by atoms with Crippen molar-refractivity contribution in [3.05, 3.63) is 59.1 Å². The van der Waals surface area contributed by atoms with Crippen molar-refractivity contribution in [2.75, 3.05) is 19.5 Å². The molecule has 3 aromatic rings. The molecule has 1 aromatic heterocycles. The molecule has 0 bridgehead atoms. The molecule has 0 spiro atoms. The Morgan fingerprint density at radius 3 is 2.53 bits per heavy atom. The van der Waals surface area contributed by atoms with Gasteiger partial charge < -0.3 is 10.6 Å². The van der Waals surface area contributed by atoms with Gasteiger partial charge in [0.15, 0.2) is 5.82 Å². The molecule has 1 fully saturated rings. The van der Waals surface area contributed by atoms with Crippen molar-refractivity contribution >= 4 is 35.2 Å². The number of nitrogens with two attached hydrogens (primary N) is 1. The summed E-state index contributed by atoms with van der Waals surface area (Å²) in [5.41, 5.74) is 1.21. The molecule has 0 saturated carbocycles. The zero-order valence-electron chi connectivity index (χ0n) is 17.4. The molecule has 2 aromatic carbocycles. The molecule has 0 aliphatic carbocycles. The number of rotatable bonds is 5. The van der Waals surface area contributed by atoms with E-state index in [1.165, 1.54) is 21.3 Å². The summed E-state index contributed by atoms with van der Waals surface area (Å²) >= 11 is 7.15. The zero-order chi connectivity index (χ0) is 22.7. The minimum atomic E-state index is -0.482. The minimum absolute atomic E-state index is 0.249. The number of carbonyl (C=O) groups is 2. The van der Waals surface area contributed by atoms with Crippen LogP contribution in [0.25, 0.3) is 11.4 Å². The summed E-state index contributed by atoms with van der Waals surface area (Å²) in [5.74, 6) is 6.87. The second-order valence-electron chi connectivity index (χ2n) is 7.31. The number of amides is 2. The van der Waals surface area contributed by atoms with Crippen LogP contribution in [0.4, 0.5) is 0 Å². The molecule has 32 heavy (non-hydrogen) atoms. The number of halogens is 1. The normalized spacial score (nSPS) is 16.6. The van der Waals surface area contributed by atoms with Gasteiger partial charge >= 0.3 is 0 Å². The van der Waals surface area contributed by atoms with Crippen LogP contribution in [0.2, 0.25) is 5.02 Å².